The van der Waals surface area contributed by atoms with Crippen LogP contribution in [0.2, 0.25) is 0 Å². The summed E-state index contributed by atoms with van der Waals surface area (Å²) in [5, 5.41) is 3.69. The van der Waals surface area contributed by atoms with Gasteiger partial charge in [0.25, 0.3) is 0 Å². The number of nitrogens with one attached hydrogen (secondary N) is 1. The van der Waals surface area contributed by atoms with Gasteiger partial charge >= 0.3 is 0 Å². The molecule has 2 atom stereocenters. The number of anilines is 1. The molecule has 120 valence electrons. The summed E-state index contributed by atoms with van der Waals surface area (Å²) < 4.78 is 5.57. The lowest BCUT2D eigenvalue weighted by Gasteiger charge is -2.40. The van der Waals surface area contributed by atoms with E-state index in [9.17, 15) is 0 Å². The van der Waals surface area contributed by atoms with Gasteiger partial charge in [0.15, 0.2) is 0 Å². The highest BCUT2D eigenvalue weighted by Gasteiger charge is 2.47. The second kappa shape index (κ2) is 7.08. The maximum Gasteiger partial charge on any atom is 0.142 e. The van der Waals surface area contributed by atoms with Gasteiger partial charge in [-0.25, -0.2) is 0 Å². The summed E-state index contributed by atoms with van der Waals surface area (Å²) in [6, 6.07) is 9.63. The first-order chi connectivity index (χ1) is 9.13. The number of fused-ring (bicyclic) bond motifs is 1. The molecular weight excluding hydrogens is 307 g/mol. The van der Waals surface area contributed by atoms with Crippen molar-refractivity contribution in [2.24, 2.45) is 0 Å². The van der Waals surface area contributed by atoms with Crippen molar-refractivity contribution in [3.8, 4) is 5.75 Å². The summed E-state index contributed by atoms with van der Waals surface area (Å²) in [6.07, 6.45) is 3.75. The molecule has 2 saturated heterocycles. The van der Waals surface area contributed by atoms with E-state index in [1.165, 1.54) is 24.9 Å². The van der Waals surface area contributed by atoms with Crippen molar-refractivity contribution in [1.82, 2.24) is 5.32 Å². The Kier molecular flexibility index (Phi) is 6.21. The van der Waals surface area contributed by atoms with Gasteiger partial charge in [-0.05, 0) is 51.8 Å². The van der Waals surface area contributed by atoms with E-state index < -0.39 is 0 Å². The Morgan fingerprint density at radius 2 is 1.95 bits per heavy atom. The van der Waals surface area contributed by atoms with Crippen LogP contribution in [0.5, 0.6) is 5.75 Å². The number of benzene rings is 1. The smallest absolute Gasteiger partial charge is 0.142 e. The molecule has 0 amide bonds. The number of hydrogen-bond donors (Lipinski definition) is 1. The lowest BCUT2D eigenvalue weighted by Crippen LogP contribution is -2.49. The Hall–Kier alpha value is -0.640. The van der Waals surface area contributed by atoms with Gasteiger partial charge in [0, 0.05) is 17.6 Å². The molecule has 0 spiro atoms. The summed E-state index contributed by atoms with van der Waals surface area (Å²) in [5.41, 5.74) is 1.42. The molecule has 5 heteroatoms. The van der Waals surface area contributed by atoms with Gasteiger partial charge in [-0.2, -0.15) is 0 Å². The Balaban J connectivity index is 0.00000110. The van der Waals surface area contributed by atoms with E-state index in [0.717, 1.165) is 12.3 Å². The Labute approximate surface area is 140 Å². The minimum atomic E-state index is 0. The van der Waals surface area contributed by atoms with Crippen molar-refractivity contribution < 1.29 is 4.74 Å². The standard InChI is InChI=1S/C16H24N2O.2ClH/c1-16(2)11-12-13(8-6-10-17-12)18(16)14-7-4-5-9-15(14)19-3;;/h4-5,7,9,12-13,17H,6,8,10-11H2,1-3H3;2*1H/t12-,13-;;/m0../s1. The Bertz CT molecular complexity index is 467. The molecular formula is C16H26Cl2N2O. The first kappa shape index (κ1) is 18.4. The van der Waals surface area contributed by atoms with Gasteiger partial charge in [-0.15, -0.1) is 24.8 Å². The summed E-state index contributed by atoms with van der Waals surface area (Å²) in [7, 11) is 1.76. The van der Waals surface area contributed by atoms with Gasteiger partial charge in [-0.3, -0.25) is 0 Å². The zero-order chi connectivity index (χ0) is 13.5. The van der Waals surface area contributed by atoms with E-state index >= 15 is 0 Å². The maximum absolute atomic E-state index is 5.57. The molecule has 2 aliphatic rings. The van der Waals surface area contributed by atoms with Crippen molar-refractivity contribution >= 4 is 30.5 Å². The normalized spacial score (nSPS) is 26.3. The molecule has 0 radical (unpaired) electrons. The molecule has 1 N–H and O–H groups in total. The number of piperidine rings is 1. The molecule has 1 aromatic carbocycles. The van der Waals surface area contributed by atoms with Crippen LogP contribution in [0.1, 0.15) is 33.1 Å². The first-order valence-corrected chi connectivity index (χ1v) is 7.29. The Morgan fingerprint density at radius 3 is 2.67 bits per heavy atom. The van der Waals surface area contributed by atoms with Gasteiger partial charge in [-0.1, -0.05) is 12.1 Å². The molecule has 3 nitrogen and oxygen atoms in total. The van der Waals surface area contributed by atoms with E-state index in [2.05, 4.69) is 42.3 Å². The van der Waals surface area contributed by atoms with E-state index in [4.69, 9.17) is 4.74 Å². The van der Waals surface area contributed by atoms with Crippen LogP contribution in [0.3, 0.4) is 0 Å². The molecule has 2 heterocycles. The van der Waals surface area contributed by atoms with Gasteiger partial charge in [0.1, 0.15) is 5.75 Å². The number of para-hydroxylation sites is 2. The van der Waals surface area contributed by atoms with Crippen LogP contribution >= 0.6 is 24.8 Å². The summed E-state index contributed by atoms with van der Waals surface area (Å²) in [6.45, 7) is 5.86. The number of rotatable bonds is 2. The average Bonchev–Trinajstić information content (AvgIpc) is 2.68. The average molecular weight is 333 g/mol. The van der Waals surface area contributed by atoms with E-state index in [1.54, 1.807) is 7.11 Å². The molecule has 0 unspecified atom stereocenters. The SMILES string of the molecule is COc1ccccc1N1[C@H]2CCCN[C@H]2CC1(C)C.Cl.Cl. The first-order valence-electron chi connectivity index (χ1n) is 7.29. The van der Waals surface area contributed by atoms with Crippen LogP contribution in [0, 0.1) is 0 Å². The fourth-order valence-electron chi connectivity index (χ4n) is 3.87. The van der Waals surface area contributed by atoms with E-state index in [-0.39, 0.29) is 30.4 Å². The van der Waals surface area contributed by atoms with Crippen LogP contribution in [-0.4, -0.2) is 31.3 Å². The molecule has 3 rings (SSSR count). The van der Waals surface area contributed by atoms with Crippen molar-refractivity contribution in [2.45, 2.75) is 50.7 Å². The minimum Gasteiger partial charge on any atom is -0.495 e. The third-order valence-corrected chi connectivity index (χ3v) is 4.60. The molecule has 0 saturated carbocycles. The van der Waals surface area contributed by atoms with Crippen molar-refractivity contribution in [1.29, 1.82) is 0 Å². The minimum absolute atomic E-state index is 0. The summed E-state index contributed by atoms with van der Waals surface area (Å²) in [4.78, 5) is 2.59. The molecule has 0 aliphatic carbocycles. The zero-order valence-electron chi connectivity index (χ0n) is 13.0. The predicted octanol–water partition coefficient (Wildman–Crippen LogP) is 3.65. The summed E-state index contributed by atoms with van der Waals surface area (Å²) >= 11 is 0. The van der Waals surface area contributed by atoms with Crippen LogP contribution in [-0.2, 0) is 0 Å². The fourth-order valence-corrected chi connectivity index (χ4v) is 3.87. The molecule has 2 fully saturated rings. The lowest BCUT2D eigenvalue weighted by atomic mass is 9.96. The van der Waals surface area contributed by atoms with Gasteiger partial charge in [0.05, 0.1) is 12.8 Å². The second-order valence-corrected chi connectivity index (χ2v) is 6.33. The highest BCUT2D eigenvalue weighted by atomic mass is 35.5. The Morgan fingerprint density at radius 1 is 1.24 bits per heavy atom. The van der Waals surface area contributed by atoms with Crippen LogP contribution in [0.25, 0.3) is 0 Å². The zero-order valence-corrected chi connectivity index (χ0v) is 14.6. The lowest BCUT2D eigenvalue weighted by molar-refractivity contribution is 0.378. The highest BCUT2D eigenvalue weighted by Crippen LogP contribution is 2.44. The second-order valence-electron chi connectivity index (χ2n) is 6.33. The summed E-state index contributed by atoms with van der Waals surface area (Å²) in [5.74, 6) is 0.988. The highest BCUT2D eigenvalue weighted by molar-refractivity contribution is 5.85. The third-order valence-electron chi connectivity index (χ3n) is 4.60. The number of methoxy groups -OCH3 is 1. The maximum atomic E-state index is 5.57. The number of hydrogen-bond acceptors (Lipinski definition) is 3. The molecule has 2 aliphatic heterocycles. The molecule has 1 aromatic rings. The largest absolute Gasteiger partial charge is 0.495 e. The van der Waals surface area contributed by atoms with Crippen molar-refractivity contribution in [3.05, 3.63) is 24.3 Å². The van der Waals surface area contributed by atoms with Gasteiger partial charge < -0.3 is 15.0 Å². The number of halogens is 2. The molecule has 21 heavy (non-hydrogen) atoms. The number of nitrogens with zero attached hydrogens (tertiary/aromatic N) is 1. The predicted molar refractivity (Wildman–Crippen MR) is 93.5 cm³/mol. The molecule has 0 aromatic heterocycles. The fraction of sp³-hybridized carbons (Fsp3) is 0.625. The monoisotopic (exact) mass is 332 g/mol. The molecule has 0 bridgehead atoms. The topological polar surface area (TPSA) is 24.5 Å². The third kappa shape index (κ3) is 3.25. The van der Waals surface area contributed by atoms with Crippen LogP contribution in [0.15, 0.2) is 24.3 Å². The van der Waals surface area contributed by atoms with Crippen molar-refractivity contribution in [2.75, 3.05) is 18.6 Å². The van der Waals surface area contributed by atoms with E-state index in [0.29, 0.717) is 12.1 Å². The van der Waals surface area contributed by atoms with Gasteiger partial charge in [0.2, 0.25) is 0 Å². The van der Waals surface area contributed by atoms with Crippen LogP contribution < -0.4 is 15.0 Å². The quantitative estimate of drug-likeness (QED) is 0.894. The number of ether oxygens (including phenoxy) is 1. The van der Waals surface area contributed by atoms with Crippen LogP contribution in [0.4, 0.5) is 5.69 Å². The van der Waals surface area contributed by atoms with Crippen molar-refractivity contribution in [3.63, 3.8) is 0 Å². The van der Waals surface area contributed by atoms with E-state index in [1.807, 2.05) is 6.07 Å².